The summed E-state index contributed by atoms with van der Waals surface area (Å²) < 4.78 is 17.0. The first kappa shape index (κ1) is 18.8. The fourth-order valence-corrected chi connectivity index (χ4v) is 3.66. The number of carbonyl (C=O) groups is 1. The third kappa shape index (κ3) is 3.72. The van der Waals surface area contributed by atoms with Crippen LogP contribution in [0.3, 0.4) is 0 Å². The Morgan fingerprint density at radius 3 is 2.76 bits per heavy atom. The number of benzene rings is 2. The number of para-hydroxylation sites is 2. The van der Waals surface area contributed by atoms with Gasteiger partial charge < -0.3 is 19.2 Å². The molecule has 0 fully saturated rings. The molecule has 0 radical (unpaired) electrons. The smallest absolute Gasteiger partial charge is 0.420 e. The maximum atomic E-state index is 12.4. The highest BCUT2D eigenvalue weighted by atomic mass is 32.1. The van der Waals surface area contributed by atoms with E-state index in [-0.39, 0.29) is 12.5 Å². The number of methoxy groups -OCH3 is 2. The van der Waals surface area contributed by atoms with Crippen LogP contribution >= 0.6 is 11.3 Å². The summed E-state index contributed by atoms with van der Waals surface area (Å²) in [5.74, 6) is 0.269. The van der Waals surface area contributed by atoms with E-state index in [4.69, 9.17) is 13.9 Å². The molecule has 9 heteroatoms. The average Bonchev–Trinajstić information content (AvgIpc) is 3.32. The van der Waals surface area contributed by atoms with Crippen molar-refractivity contribution < 1.29 is 18.7 Å². The van der Waals surface area contributed by atoms with E-state index in [1.165, 1.54) is 15.9 Å². The van der Waals surface area contributed by atoms with Crippen molar-refractivity contribution >= 4 is 33.5 Å². The second-order valence-electron chi connectivity index (χ2n) is 6.08. The minimum atomic E-state index is -0.577. The number of nitrogens with zero attached hydrogens (tertiary/aromatic N) is 2. The van der Waals surface area contributed by atoms with Crippen LogP contribution in [-0.4, -0.2) is 29.7 Å². The van der Waals surface area contributed by atoms with Crippen LogP contribution in [0.25, 0.3) is 22.4 Å². The van der Waals surface area contributed by atoms with E-state index in [1.807, 2.05) is 17.5 Å². The molecule has 4 aromatic rings. The Hall–Kier alpha value is -3.59. The number of rotatable bonds is 6. The molecule has 0 aliphatic carbocycles. The molecule has 2 aromatic carbocycles. The zero-order valence-corrected chi connectivity index (χ0v) is 16.5. The largest absolute Gasteiger partial charge is 0.493 e. The molecule has 0 aliphatic rings. The van der Waals surface area contributed by atoms with Gasteiger partial charge in [0.1, 0.15) is 6.54 Å². The summed E-state index contributed by atoms with van der Waals surface area (Å²) in [6.07, 6.45) is 0. The lowest BCUT2D eigenvalue weighted by Gasteiger charge is -2.08. The van der Waals surface area contributed by atoms with Crippen molar-refractivity contribution in [2.75, 3.05) is 19.5 Å². The minimum absolute atomic E-state index is 0.166. The van der Waals surface area contributed by atoms with Crippen LogP contribution in [0.15, 0.2) is 57.1 Å². The molecule has 0 aliphatic heterocycles. The molecule has 0 saturated heterocycles. The molecule has 8 nitrogen and oxygen atoms in total. The van der Waals surface area contributed by atoms with E-state index in [0.29, 0.717) is 33.4 Å². The first-order valence-electron chi connectivity index (χ1n) is 8.65. The van der Waals surface area contributed by atoms with Crippen LogP contribution in [0.2, 0.25) is 0 Å². The molecule has 1 N–H and O–H groups in total. The summed E-state index contributed by atoms with van der Waals surface area (Å²) in [6, 6.07) is 12.4. The molecule has 1 amide bonds. The summed E-state index contributed by atoms with van der Waals surface area (Å²) in [5.41, 5.74) is 2.53. The number of oxazole rings is 1. The molecule has 2 heterocycles. The van der Waals surface area contributed by atoms with Gasteiger partial charge in [0, 0.05) is 10.9 Å². The van der Waals surface area contributed by atoms with Gasteiger partial charge >= 0.3 is 5.76 Å². The molecule has 0 unspecified atom stereocenters. The van der Waals surface area contributed by atoms with Gasteiger partial charge in [-0.15, -0.1) is 11.3 Å². The maximum Gasteiger partial charge on any atom is 0.420 e. The SMILES string of the molecule is COc1ccc(-c2csc(NC(=O)Cn3c(=O)oc4ccccc43)n2)cc1OC. The Morgan fingerprint density at radius 2 is 1.97 bits per heavy atom. The summed E-state index contributed by atoms with van der Waals surface area (Å²) in [7, 11) is 3.14. The van der Waals surface area contributed by atoms with Crippen molar-refractivity contribution in [3.05, 3.63) is 58.4 Å². The molecular formula is C20H17N3O5S. The maximum absolute atomic E-state index is 12.4. The normalized spacial score (nSPS) is 10.8. The van der Waals surface area contributed by atoms with Gasteiger partial charge in [0.05, 0.1) is 25.4 Å². The van der Waals surface area contributed by atoms with E-state index in [1.54, 1.807) is 44.6 Å². The molecule has 0 atom stereocenters. The Morgan fingerprint density at radius 1 is 1.17 bits per heavy atom. The summed E-state index contributed by atoms with van der Waals surface area (Å²) in [6.45, 7) is -0.166. The van der Waals surface area contributed by atoms with Crippen LogP contribution in [0.5, 0.6) is 11.5 Å². The number of aromatic nitrogens is 2. The zero-order valence-electron chi connectivity index (χ0n) is 15.7. The predicted octanol–water partition coefficient (Wildman–Crippen LogP) is 3.37. The highest BCUT2D eigenvalue weighted by molar-refractivity contribution is 7.14. The van der Waals surface area contributed by atoms with Crippen molar-refractivity contribution in [3.8, 4) is 22.8 Å². The van der Waals surface area contributed by atoms with Crippen LogP contribution in [0.4, 0.5) is 5.13 Å². The van der Waals surface area contributed by atoms with E-state index in [0.717, 1.165) is 5.56 Å². The Bertz CT molecular complexity index is 1240. The molecule has 2 aromatic heterocycles. The van der Waals surface area contributed by atoms with Crippen LogP contribution in [-0.2, 0) is 11.3 Å². The summed E-state index contributed by atoms with van der Waals surface area (Å²) in [5, 5.41) is 4.99. The molecule has 148 valence electrons. The first-order valence-corrected chi connectivity index (χ1v) is 9.53. The van der Waals surface area contributed by atoms with Crippen molar-refractivity contribution in [1.29, 1.82) is 0 Å². The van der Waals surface area contributed by atoms with Crippen molar-refractivity contribution in [2.24, 2.45) is 0 Å². The third-order valence-electron chi connectivity index (χ3n) is 4.31. The van der Waals surface area contributed by atoms with E-state index >= 15 is 0 Å². The topological polar surface area (TPSA) is 95.6 Å². The van der Waals surface area contributed by atoms with Gasteiger partial charge in [-0.25, -0.2) is 9.78 Å². The second kappa shape index (κ2) is 7.80. The summed E-state index contributed by atoms with van der Waals surface area (Å²) in [4.78, 5) is 28.9. The van der Waals surface area contributed by atoms with Gasteiger partial charge in [-0.2, -0.15) is 0 Å². The highest BCUT2D eigenvalue weighted by Gasteiger charge is 2.14. The monoisotopic (exact) mass is 411 g/mol. The zero-order chi connectivity index (χ0) is 20.4. The van der Waals surface area contributed by atoms with Crippen LogP contribution in [0, 0.1) is 0 Å². The van der Waals surface area contributed by atoms with E-state index < -0.39 is 5.76 Å². The fraction of sp³-hybridized carbons (Fsp3) is 0.150. The van der Waals surface area contributed by atoms with Crippen LogP contribution < -0.4 is 20.5 Å². The van der Waals surface area contributed by atoms with E-state index in [9.17, 15) is 9.59 Å². The number of hydrogen-bond donors (Lipinski definition) is 1. The van der Waals surface area contributed by atoms with Gasteiger partial charge in [0.2, 0.25) is 5.91 Å². The number of anilines is 1. The van der Waals surface area contributed by atoms with Crippen molar-refractivity contribution in [3.63, 3.8) is 0 Å². The molecular weight excluding hydrogens is 394 g/mol. The summed E-state index contributed by atoms with van der Waals surface area (Å²) >= 11 is 1.29. The number of thiazole rings is 1. The number of amides is 1. The quantitative estimate of drug-likeness (QED) is 0.523. The van der Waals surface area contributed by atoms with Gasteiger partial charge in [0.25, 0.3) is 0 Å². The Kier molecular flexibility index (Phi) is 5.05. The number of nitrogens with one attached hydrogen (secondary N) is 1. The first-order chi connectivity index (χ1) is 14.1. The molecule has 0 saturated carbocycles. The van der Waals surface area contributed by atoms with Gasteiger partial charge in [-0.05, 0) is 30.3 Å². The number of hydrogen-bond acceptors (Lipinski definition) is 7. The minimum Gasteiger partial charge on any atom is -0.493 e. The number of fused-ring (bicyclic) bond motifs is 1. The lowest BCUT2D eigenvalue weighted by Crippen LogP contribution is -2.24. The van der Waals surface area contributed by atoms with Gasteiger partial charge in [-0.3, -0.25) is 9.36 Å². The van der Waals surface area contributed by atoms with Crippen molar-refractivity contribution in [1.82, 2.24) is 9.55 Å². The highest BCUT2D eigenvalue weighted by Crippen LogP contribution is 2.33. The average molecular weight is 411 g/mol. The molecule has 4 rings (SSSR count). The number of carbonyl (C=O) groups excluding carboxylic acids is 1. The Labute approximate surface area is 169 Å². The molecule has 0 bridgehead atoms. The Balaban J connectivity index is 1.51. The van der Waals surface area contributed by atoms with Crippen molar-refractivity contribution in [2.45, 2.75) is 6.54 Å². The van der Waals surface area contributed by atoms with E-state index in [2.05, 4.69) is 10.3 Å². The standard InChI is InChI=1S/C20H17N3O5S/c1-26-16-8-7-12(9-17(16)27-2)13-11-29-19(21-13)22-18(24)10-23-14-5-3-4-6-15(14)28-20(23)25/h3-9,11H,10H2,1-2H3,(H,21,22,24). The third-order valence-corrected chi connectivity index (χ3v) is 5.06. The molecule has 29 heavy (non-hydrogen) atoms. The lowest BCUT2D eigenvalue weighted by molar-refractivity contribution is -0.116. The van der Waals surface area contributed by atoms with Gasteiger partial charge in [0.15, 0.2) is 22.2 Å². The van der Waals surface area contributed by atoms with Gasteiger partial charge in [-0.1, -0.05) is 12.1 Å². The number of ether oxygens (including phenoxy) is 2. The van der Waals surface area contributed by atoms with Crippen LogP contribution in [0.1, 0.15) is 0 Å². The predicted molar refractivity (Wildman–Crippen MR) is 110 cm³/mol. The molecule has 0 spiro atoms. The lowest BCUT2D eigenvalue weighted by atomic mass is 10.1. The second-order valence-corrected chi connectivity index (χ2v) is 6.94. The fourth-order valence-electron chi connectivity index (χ4n) is 2.93.